The van der Waals surface area contributed by atoms with Gasteiger partial charge < -0.3 is 20.1 Å². The highest BCUT2D eigenvalue weighted by Gasteiger charge is 2.32. The van der Waals surface area contributed by atoms with Crippen LogP contribution in [-0.4, -0.2) is 66.7 Å². The highest BCUT2D eigenvalue weighted by molar-refractivity contribution is 6.36. The number of benzene rings is 2. The van der Waals surface area contributed by atoms with Crippen molar-refractivity contribution in [2.75, 3.05) is 51.2 Å². The summed E-state index contributed by atoms with van der Waals surface area (Å²) in [5.74, 6) is -0.139. The number of fused-ring (bicyclic) bond motifs is 2. The maximum absolute atomic E-state index is 13.8. The Hall–Kier alpha value is -2.74. The Kier molecular flexibility index (Phi) is 7.42. The fraction of sp³-hybridized carbons (Fsp3) is 0.423. The van der Waals surface area contributed by atoms with E-state index >= 15 is 0 Å². The molecule has 2 aliphatic rings. The molecule has 0 spiro atoms. The number of rotatable bonds is 10. The third-order valence-electron chi connectivity index (χ3n) is 6.50. The first-order valence-corrected chi connectivity index (χ1v) is 11.7. The first-order valence-electron chi connectivity index (χ1n) is 11.7. The van der Waals surface area contributed by atoms with E-state index in [9.17, 15) is 14.3 Å². The number of carbonyl (C=O) groups excluding carboxylic acids is 1. The van der Waals surface area contributed by atoms with Gasteiger partial charge in [-0.3, -0.25) is 9.69 Å². The van der Waals surface area contributed by atoms with E-state index in [0.717, 1.165) is 50.3 Å². The van der Waals surface area contributed by atoms with Crippen molar-refractivity contribution in [3.8, 4) is 0 Å². The van der Waals surface area contributed by atoms with Gasteiger partial charge in [-0.1, -0.05) is 32.0 Å². The van der Waals surface area contributed by atoms with E-state index in [2.05, 4.69) is 41.1 Å². The van der Waals surface area contributed by atoms with Crippen LogP contribution in [-0.2, 0) is 22.6 Å². The molecule has 0 aromatic heterocycles. The number of hydrogen-bond acceptors (Lipinski definition) is 5. The number of aliphatic hydroxyl groups excluding tert-OH is 1. The molecule has 176 valence electrons. The largest absolute Gasteiger partial charge is 0.487 e. The van der Waals surface area contributed by atoms with Crippen molar-refractivity contribution in [1.29, 1.82) is 0 Å². The number of nitrogens with one attached hydrogen (secondary N) is 1. The molecule has 33 heavy (non-hydrogen) atoms. The van der Waals surface area contributed by atoms with Crippen molar-refractivity contribution in [2.45, 2.75) is 26.9 Å². The Morgan fingerprint density at radius 2 is 1.79 bits per heavy atom. The summed E-state index contributed by atoms with van der Waals surface area (Å²) in [5.41, 5.74) is 4.64. The van der Waals surface area contributed by atoms with Crippen LogP contribution in [0.15, 0.2) is 36.4 Å². The molecule has 1 amide bonds. The van der Waals surface area contributed by atoms with Gasteiger partial charge in [0, 0.05) is 48.6 Å². The molecular formula is C26H32FN3O3. The number of anilines is 1. The third-order valence-corrected chi connectivity index (χ3v) is 6.50. The van der Waals surface area contributed by atoms with Crippen molar-refractivity contribution < 1.29 is 19.0 Å². The number of hydrogen-bond donors (Lipinski definition) is 2. The molecule has 0 saturated heterocycles. The monoisotopic (exact) mass is 453 g/mol. The summed E-state index contributed by atoms with van der Waals surface area (Å²) in [7, 11) is 0. The van der Waals surface area contributed by atoms with Crippen molar-refractivity contribution >= 4 is 22.9 Å². The third kappa shape index (κ3) is 5.11. The Labute approximate surface area is 194 Å². The number of likely N-dealkylation sites (N-methyl/N-ethyl adjacent to an activating group) is 1. The van der Waals surface area contributed by atoms with Crippen molar-refractivity contribution in [3.05, 3.63) is 64.5 Å². The summed E-state index contributed by atoms with van der Waals surface area (Å²) in [5, 5.41) is 12.2. The number of halogens is 1. The van der Waals surface area contributed by atoms with E-state index in [1.54, 1.807) is 6.07 Å². The maximum atomic E-state index is 13.8. The van der Waals surface area contributed by atoms with Crippen molar-refractivity contribution in [3.63, 3.8) is 0 Å². The van der Waals surface area contributed by atoms with Crippen molar-refractivity contribution in [1.82, 2.24) is 9.80 Å². The molecule has 0 saturated carbocycles. The van der Waals surface area contributed by atoms with Crippen LogP contribution < -0.4 is 5.32 Å². The van der Waals surface area contributed by atoms with Gasteiger partial charge in [-0.2, -0.15) is 0 Å². The molecule has 0 unspecified atom stereocenters. The van der Waals surface area contributed by atoms with Gasteiger partial charge in [0.05, 0.1) is 12.2 Å². The molecule has 0 fully saturated rings. The van der Waals surface area contributed by atoms with Crippen molar-refractivity contribution in [2.24, 2.45) is 0 Å². The van der Waals surface area contributed by atoms with Gasteiger partial charge in [0.15, 0.2) is 0 Å². The summed E-state index contributed by atoms with van der Waals surface area (Å²) >= 11 is 0. The predicted molar refractivity (Wildman–Crippen MR) is 128 cm³/mol. The topological polar surface area (TPSA) is 65.0 Å². The number of nitrogens with zero attached hydrogens (tertiary/aromatic N) is 2. The quantitative estimate of drug-likeness (QED) is 0.540. The zero-order valence-corrected chi connectivity index (χ0v) is 19.4. The number of ether oxygens (including phenoxy) is 1. The van der Waals surface area contributed by atoms with Crippen LogP contribution in [0.25, 0.3) is 11.3 Å². The van der Waals surface area contributed by atoms with Crippen LogP contribution >= 0.6 is 0 Å². The minimum absolute atomic E-state index is 0.150. The van der Waals surface area contributed by atoms with Gasteiger partial charge in [0.1, 0.15) is 18.2 Å². The smallest absolute Gasteiger partial charge is 0.260 e. The number of aliphatic hydroxyl groups is 1. The second-order valence-corrected chi connectivity index (χ2v) is 8.47. The highest BCUT2D eigenvalue weighted by Crippen LogP contribution is 2.41. The van der Waals surface area contributed by atoms with Crippen LogP contribution in [0.2, 0.25) is 0 Å². The van der Waals surface area contributed by atoms with E-state index in [0.29, 0.717) is 35.7 Å². The molecule has 0 atom stereocenters. The molecule has 2 heterocycles. The minimum atomic E-state index is -0.384. The number of carbonyl (C=O) groups is 1. The fourth-order valence-corrected chi connectivity index (χ4v) is 4.53. The number of amides is 1. The normalized spacial score (nSPS) is 16.8. The lowest BCUT2D eigenvalue weighted by Gasteiger charge is -2.25. The molecule has 0 radical (unpaired) electrons. The van der Waals surface area contributed by atoms with Crippen LogP contribution in [0.3, 0.4) is 0 Å². The molecule has 7 heteroatoms. The molecule has 2 aromatic rings. The molecule has 2 aromatic carbocycles. The maximum Gasteiger partial charge on any atom is 0.260 e. The van der Waals surface area contributed by atoms with Crippen LogP contribution in [0.1, 0.15) is 36.1 Å². The molecule has 0 aliphatic carbocycles. The van der Waals surface area contributed by atoms with Crippen LogP contribution in [0.4, 0.5) is 10.1 Å². The van der Waals surface area contributed by atoms with Crippen LogP contribution in [0.5, 0.6) is 0 Å². The average molecular weight is 454 g/mol. The zero-order chi connectivity index (χ0) is 23.4. The molecule has 2 aliphatic heterocycles. The summed E-state index contributed by atoms with van der Waals surface area (Å²) < 4.78 is 19.7. The summed E-state index contributed by atoms with van der Waals surface area (Å²) in [6.45, 7) is 10.4. The van der Waals surface area contributed by atoms with Gasteiger partial charge in [-0.05, 0) is 43.3 Å². The average Bonchev–Trinajstić information content (AvgIpc) is 3.36. The lowest BCUT2D eigenvalue weighted by atomic mass is 9.98. The van der Waals surface area contributed by atoms with Gasteiger partial charge in [0.2, 0.25) is 0 Å². The summed E-state index contributed by atoms with van der Waals surface area (Å²) in [4.78, 5) is 17.3. The van der Waals surface area contributed by atoms with E-state index < -0.39 is 0 Å². The van der Waals surface area contributed by atoms with E-state index in [1.807, 2.05) is 6.07 Å². The molecule has 0 bridgehead atoms. The van der Waals surface area contributed by atoms with Crippen LogP contribution in [0, 0.1) is 5.82 Å². The van der Waals surface area contributed by atoms with Gasteiger partial charge >= 0.3 is 0 Å². The van der Waals surface area contributed by atoms with E-state index in [4.69, 9.17) is 4.74 Å². The first-order chi connectivity index (χ1) is 16.0. The SMILES string of the molecule is CCN(CC)CCN(CCO)CCc1ccc2c(c1)COC2=C1C(=O)Nc2ccc(F)cc21. The summed E-state index contributed by atoms with van der Waals surface area (Å²) in [6, 6.07) is 10.5. The van der Waals surface area contributed by atoms with E-state index in [1.165, 1.54) is 17.7 Å². The minimum Gasteiger partial charge on any atom is -0.487 e. The fourth-order valence-electron chi connectivity index (χ4n) is 4.53. The molecular weight excluding hydrogens is 421 g/mol. The predicted octanol–water partition coefficient (Wildman–Crippen LogP) is 3.35. The Morgan fingerprint density at radius 3 is 2.55 bits per heavy atom. The Morgan fingerprint density at radius 1 is 1.00 bits per heavy atom. The Bertz CT molecular complexity index is 1050. The second-order valence-electron chi connectivity index (χ2n) is 8.47. The van der Waals surface area contributed by atoms with Gasteiger partial charge in [-0.25, -0.2) is 4.39 Å². The zero-order valence-electron chi connectivity index (χ0n) is 19.4. The standard InChI is InChI=1S/C26H32FN3O3/c1-3-29(4-2)11-12-30(13-14-31)10-9-18-5-7-21-19(15-18)17-33-25(21)24-22-16-20(27)6-8-23(22)28-26(24)32/h5-8,15-16,31H,3-4,9-14,17H2,1-2H3,(H,28,32). The summed E-state index contributed by atoms with van der Waals surface area (Å²) in [6.07, 6.45) is 0.867. The lowest BCUT2D eigenvalue weighted by molar-refractivity contribution is -0.110. The molecule has 6 nitrogen and oxygen atoms in total. The van der Waals surface area contributed by atoms with Gasteiger partial charge in [0.25, 0.3) is 5.91 Å². The lowest BCUT2D eigenvalue weighted by Crippen LogP contribution is -2.37. The first kappa shape index (κ1) is 23.4. The second kappa shape index (κ2) is 10.5. The molecule has 4 rings (SSSR count). The Balaban J connectivity index is 1.49. The van der Waals surface area contributed by atoms with Gasteiger partial charge in [-0.15, -0.1) is 0 Å². The molecule has 2 N–H and O–H groups in total. The van der Waals surface area contributed by atoms with E-state index in [-0.39, 0.29) is 18.3 Å². The highest BCUT2D eigenvalue weighted by atomic mass is 19.1.